The molecule has 1 aromatic rings. The zero-order valence-corrected chi connectivity index (χ0v) is 13.7. The molecule has 0 aliphatic rings. The van der Waals surface area contributed by atoms with E-state index in [-0.39, 0.29) is 0 Å². The van der Waals surface area contributed by atoms with Gasteiger partial charge >= 0.3 is 0 Å². The topological polar surface area (TPSA) is 12.0 Å². The molecule has 0 amide bonds. The summed E-state index contributed by atoms with van der Waals surface area (Å²) >= 11 is 5.98. The Kier molecular flexibility index (Phi) is 6.35. The van der Waals surface area contributed by atoms with Gasteiger partial charge in [-0.25, -0.2) is 0 Å². The van der Waals surface area contributed by atoms with Crippen LogP contribution in [0.4, 0.5) is 0 Å². The molecule has 2 heteroatoms. The van der Waals surface area contributed by atoms with Gasteiger partial charge in [0.15, 0.2) is 0 Å². The monoisotopic (exact) mass is 281 g/mol. The third kappa shape index (κ3) is 6.98. The molecular formula is C17H28ClN. The summed E-state index contributed by atoms with van der Waals surface area (Å²) in [4.78, 5) is 0. The summed E-state index contributed by atoms with van der Waals surface area (Å²) < 4.78 is 0. The van der Waals surface area contributed by atoms with Crippen LogP contribution in [0.2, 0.25) is 5.02 Å². The second-order valence-corrected chi connectivity index (χ2v) is 7.35. The van der Waals surface area contributed by atoms with Gasteiger partial charge in [-0.15, -0.1) is 0 Å². The molecule has 1 atom stereocenters. The van der Waals surface area contributed by atoms with Crippen LogP contribution in [0.15, 0.2) is 24.3 Å². The lowest BCUT2D eigenvalue weighted by Crippen LogP contribution is -2.28. The molecule has 1 N–H and O–H groups in total. The van der Waals surface area contributed by atoms with Crippen molar-refractivity contribution in [1.82, 2.24) is 5.32 Å². The zero-order valence-electron chi connectivity index (χ0n) is 13.0. The molecule has 108 valence electrons. The molecule has 1 nitrogen and oxygen atoms in total. The molecule has 0 fully saturated rings. The summed E-state index contributed by atoms with van der Waals surface area (Å²) in [5.74, 6) is 0.568. The van der Waals surface area contributed by atoms with Gasteiger partial charge in [-0.05, 0) is 41.9 Å². The second kappa shape index (κ2) is 7.31. The van der Waals surface area contributed by atoms with Crippen molar-refractivity contribution in [2.45, 2.75) is 59.4 Å². The summed E-state index contributed by atoms with van der Waals surface area (Å²) in [7, 11) is 0. The number of nitrogens with one attached hydrogen (secondary N) is 1. The van der Waals surface area contributed by atoms with Crippen LogP contribution in [0, 0.1) is 5.41 Å². The molecule has 0 aliphatic carbocycles. The lowest BCUT2D eigenvalue weighted by atomic mass is 9.84. The van der Waals surface area contributed by atoms with Gasteiger partial charge in [0.1, 0.15) is 0 Å². The highest BCUT2D eigenvalue weighted by Crippen LogP contribution is 2.29. The fourth-order valence-electron chi connectivity index (χ4n) is 2.11. The Balaban J connectivity index is 2.70. The van der Waals surface area contributed by atoms with Crippen LogP contribution in [0.5, 0.6) is 0 Å². The predicted molar refractivity (Wildman–Crippen MR) is 86.0 cm³/mol. The fourth-order valence-corrected chi connectivity index (χ4v) is 2.23. The normalized spacial score (nSPS) is 13.8. The van der Waals surface area contributed by atoms with Gasteiger partial charge in [0.05, 0.1) is 0 Å². The van der Waals surface area contributed by atoms with Gasteiger partial charge in [-0.3, -0.25) is 0 Å². The first kappa shape index (κ1) is 16.5. The number of hydrogen-bond donors (Lipinski definition) is 1. The average molecular weight is 282 g/mol. The van der Waals surface area contributed by atoms with Gasteiger partial charge in [0.2, 0.25) is 0 Å². The van der Waals surface area contributed by atoms with E-state index in [1.54, 1.807) is 0 Å². The van der Waals surface area contributed by atoms with E-state index >= 15 is 0 Å². The average Bonchev–Trinajstić information content (AvgIpc) is 2.29. The summed E-state index contributed by atoms with van der Waals surface area (Å²) in [6.45, 7) is 12.4. The first-order valence-corrected chi connectivity index (χ1v) is 7.64. The Labute approximate surface area is 123 Å². The van der Waals surface area contributed by atoms with E-state index in [2.05, 4.69) is 52.1 Å². The molecule has 0 saturated carbocycles. The van der Waals surface area contributed by atoms with Crippen molar-refractivity contribution in [3.05, 3.63) is 34.9 Å². The smallest absolute Gasteiger partial charge is 0.0406 e. The van der Waals surface area contributed by atoms with Gasteiger partial charge < -0.3 is 5.32 Å². The first-order chi connectivity index (χ1) is 8.78. The Bertz CT molecular complexity index is 362. The molecule has 19 heavy (non-hydrogen) atoms. The molecule has 1 aromatic carbocycles. The van der Waals surface area contributed by atoms with E-state index in [0.29, 0.717) is 17.4 Å². The summed E-state index contributed by atoms with van der Waals surface area (Å²) in [6.07, 6.45) is 2.45. The largest absolute Gasteiger partial charge is 0.314 e. The van der Waals surface area contributed by atoms with E-state index < -0.39 is 0 Å². The zero-order chi connectivity index (χ0) is 14.5. The molecule has 0 saturated heterocycles. The lowest BCUT2D eigenvalue weighted by Gasteiger charge is -2.24. The van der Waals surface area contributed by atoms with Crippen molar-refractivity contribution < 1.29 is 0 Å². The van der Waals surface area contributed by atoms with E-state index in [9.17, 15) is 0 Å². The predicted octanol–water partition coefficient (Wildman–Crippen LogP) is 5.25. The van der Waals surface area contributed by atoms with Crippen molar-refractivity contribution in [1.29, 1.82) is 0 Å². The summed E-state index contributed by atoms with van der Waals surface area (Å²) in [6, 6.07) is 8.85. The van der Waals surface area contributed by atoms with Crippen LogP contribution >= 0.6 is 11.6 Å². The number of hydrogen-bond acceptors (Lipinski definition) is 1. The minimum absolute atomic E-state index is 0.391. The van der Waals surface area contributed by atoms with Crippen molar-refractivity contribution in [3.63, 3.8) is 0 Å². The third-order valence-corrected chi connectivity index (χ3v) is 3.61. The Morgan fingerprint density at radius 1 is 1.11 bits per heavy atom. The molecule has 0 bridgehead atoms. The molecule has 0 aromatic heterocycles. The van der Waals surface area contributed by atoms with Crippen LogP contribution in [0.25, 0.3) is 0 Å². The van der Waals surface area contributed by atoms with Gasteiger partial charge in [0.25, 0.3) is 0 Å². The third-order valence-electron chi connectivity index (χ3n) is 3.36. The minimum atomic E-state index is 0.391. The summed E-state index contributed by atoms with van der Waals surface area (Å²) in [5, 5.41) is 4.38. The molecule has 0 aliphatic heterocycles. The number of halogens is 1. The van der Waals surface area contributed by atoms with Crippen LogP contribution in [-0.2, 0) is 0 Å². The van der Waals surface area contributed by atoms with Gasteiger partial charge in [-0.1, -0.05) is 58.4 Å². The van der Waals surface area contributed by atoms with Crippen molar-refractivity contribution in [2.24, 2.45) is 5.41 Å². The number of rotatable bonds is 6. The first-order valence-electron chi connectivity index (χ1n) is 7.27. The molecule has 0 heterocycles. The highest BCUT2D eigenvalue weighted by molar-refractivity contribution is 6.30. The minimum Gasteiger partial charge on any atom is -0.314 e. The van der Waals surface area contributed by atoms with E-state index in [0.717, 1.165) is 11.6 Å². The molecule has 1 rings (SSSR count). The standard InChI is InChI=1S/C17H28ClN/c1-13(2)19-12-15(10-11-17(3,4)5)14-6-8-16(18)9-7-14/h6-9,13,15,19H,10-12H2,1-5H3. The maximum atomic E-state index is 5.98. The van der Waals surface area contributed by atoms with Crippen molar-refractivity contribution in [2.75, 3.05) is 6.54 Å². The maximum Gasteiger partial charge on any atom is 0.0406 e. The second-order valence-electron chi connectivity index (χ2n) is 6.91. The van der Waals surface area contributed by atoms with E-state index in [1.807, 2.05) is 12.1 Å². The lowest BCUT2D eigenvalue weighted by molar-refractivity contribution is 0.342. The van der Waals surface area contributed by atoms with E-state index in [4.69, 9.17) is 11.6 Å². The SMILES string of the molecule is CC(C)NCC(CCC(C)(C)C)c1ccc(Cl)cc1. The van der Waals surface area contributed by atoms with Crippen LogP contribution in [0.3, 0.4) is 0 Å². The molecule has 0 radical (unpaired) electrons. The van der Waals surface area contributed by atoms with Crippen LogP contribution in [0.1, 0.15) is 58.9 Å². The fraction of sp³-hybridized carbons (Fsp3) is 0.647. The summed E-state index contributed by atoms with van der Waals surface area (Å²) in [5.41, 5.74) is 1.78. The van der Waals surface area contributed by atoms with Crippen LogP contribution < -0.4 is 5.32 Å². The van der Waals surface area contributed by atoms with Crippen LogP contribution in [-0.4, -0.2) is 12.6 Å². The Hall–Kier alpha value is -0.530. The molecule has 1 unspecified atom stereocenters. The Morgan fingerprint density at radius 3 is 2.16 bits per heavy atom. The highest BCUT2D eigenvalue weighted by Gasteiger charge is 2.17. The van der Waals surface area contributed by atoms with Gasteiger partial charge in [0, 0.05) is 17.6 Å². The Morgan fingerprint density at radius 2 is 1.68 bits per heavy atom. The molecular weight excluding hydrogens is 254 g/mol. The van der Waals surface area contributed by atoms with Gasteiger partial charge in [-0.2, -0.15) is 0 Å². The maximum absolute atomic E-state index is 5.98. The van der Waals surface area contributed by atoms with E-state index in [1.165, 1.54) is 18.4 Å². The van der Waals surface area contributed by atoms with Crippen molar-refractivity contribution in [3.8, 4) is 0 Å². The van der Waals surface area contributed by atoms with Crippen molar-refractivity contribution >= 4 is 11.6 Å². The highest BCUT2D eigenvalue weighted by atomic mass is 35.5. The molecule has 0 spiro atoms. The quantitative estimate of drug-likeness (QED) is 0.751. The number of benzene rings is 1.